The van der Waals surface area contributed by atoms with Gasteiger partial charge in [-0.3, -0.25) is 9.59 Å². The van der Waals surface area contributed by atoms with Crippen molar-refractivity contribution < 1.29 is 19.1 Å². The van der Waals surface area contributed by atoms with E-state index in [-0.39, 0.29) is 12.5 Å². The molecule has 1 aromatic carbocycles. The summed E-state index contributed by atoms with van der Waals surface area (Å²) < 4.78 is 5.28. The van der Waals surface area contributed by atoms with Crippen LogP contribution in [0.2, 0.25) is 0 Å². The van der Waals surface area contributed by atoms with Crippen molar-refractivity contribution in [1.29, 1.82) is 0 Å². The highest BCUT2D eigenvalue weighted by Crippen LogP contribution is 2.38. The Labute approximate surface area is 168 Å². The summed E-state index contributed by atoms with van der Waals surface area (Å²) in [6.45, 7) is 4.92. The molecule has 6 nitrogen and oxygen atoms in total. The number of esters is 1. The van der Waals surface area contributed by atoms with E-state index in [0.717, 1.165) is 47.3 Å². The summed E-state index contributed by atoms with van der Waals surface area (Å²) >= 11 is 1.43. The molecule has 2 N–H and O–H groups in total. The maximum absolute atomic E-state index is 12.7. The molecule has 1 aliphatic carbocycles. The molecule has 148 valence electrons. The topological polar surface area (TPSA) is 84.5 Å². The normalized spacial score (nSPS) is 12.8. The molecular formula is C21H24N2O4S. The van der Waals surface area contributed by atoms with Crippen molar-refractivity contribution >= 4 is 39.8 Å². The van der Waals surface area contributed by atoms with Crippen LogP contribution in [0.5, 0.6) is 0 Å². The van der Waals surface area contributed by atoms with Crippen molar-refractivity contribution in [2.45, 2.75) is 46.5 Å². The average Bonchev–Trinajstić information content (AvgIpc) is 2.99. The third-order valence-corrected chi connectivity index (χ3v) is 5.86. The number of carbonyl (C=O) groups is 3. The lowest BCUT2D eigenvalue weighted by molar-refractivity contribution is -0.119. The van der Waals surface area contributed by atoms with Gasteiger partial charge in [-0.1, -0.05) is 17.7 Å². The van der Waals surface area contributed by atoms with Crippen LogP contribution in [0.1, 0.15) is 51.7 Å². The molecule has 0 spiro atoms. The number of rotatable bonds is 5. The van der Waals surface area contributed by atoms with Gasteiger partial charge in [0.2, 0.25) is 5.91 Å². The highest BCUT2D eigenvalue weighted by Gasteiger charge is 2.27. The van der Waals surface area contributed by atoms with Gasteiger partial charge in [-0.15, -0.1) is 11.3 Å². The molecule has 1 aliphatic rings. The van der Waals surface area contributed by atoms with E-state index >= 15 is 0 Å². The first-order valence-corrected chi connectivity index (χ1v) is 10.1. The van der Waals surface area contributed by atoms with Crippen LogP contribution >= 0.6 is 11.3 Å². The number of benzene rings is 1. The Morgan fingerprint density at radius 3 is 2.57 bits per heavy atom. The van der Waals surface area contributed by atoms with E-state index in [0.29, 0.717) is 16.3 Å². The summed E-state index contributed by atoms with van der Waals surface area (Å²) in [5.74, 6) is -1.20. The van der Waals surface area contributed by atoms with E-state index < -0.39 is 11.9 Å². The van der Waals surface area contributed by atoms with Gasteiger partial charge in [-0.25, -0.2) is 4.79 Å². The van der Waals surface area contributed by atoms with Gasteiger partial charge in [0.05, 0.1) is 5.56 Å². The summed E-state index contributed by atoms with van der Waals surface area (Å²) in [4.78, 5) is 37.5. The molecule has 0 saturated carbocycles. The Morgan fingerprint density at radius 2 is 1.86 bits per heavy atom. The maximum Gasteiger partial charge on any atom is 0.341 e. The van der Waals surface area contributed by atoms with Crippen molar-refractivity contribution in [3.8, 4) is 0 Å². The molecule has 2 aromatic rings. The third kappa shape index (κ3) is 4.59. The van der Waals surface area contributed by atoms with Crippen molar-refractivity contribution in [1.82, 2.24) is 0 Å². The van der Waals surface area contributed by atoms with Crippen LogP contribution in [0.25, 0.3) is 0 Å². The monoisotopic (exact) mass is 400 g/mol. The smallest absolute Gasteiger partial charge is 0.341 e. The van der Waals surface area contributed by atoms with Gasteiger partial charge in [0.25, 0.3) is 5.91 Å². The fourth-order valence-corrected chi connectivity index (χ4v) is 4.70. The molecule has 3 rings (SSSR count). The predicted molar refractivity (Wildman–Crippen MR) is 110 cm³/mol. The first-order chi connectivity index (χ1) is 13.3. The molecule has 0 fully saturated rings. The number of hydrogen-bond donors (Lipinski definition) is 2. The fraction of sp³-hybridized carbons (Fsp3) is 0.381. The molecule has 7 heteroatoms. The predicted octanol–water partition coefficient (Wildman–Crippen LogP) is 4.00. The standard InChI is InChI=1S/C21H24N2O4S/c1-12-8-9-16(13(2)10-12)23-18(25)11-27-21(26)19-15-6-4-5-7-17(15)28-20(19)22-14(3)24/h8-10H,4-7,11H2,1-3H3,(H,22,24)(H,23,25). The molecule has 0 unspecified atom stereocenters. The Kier molecular flexibility index (Phi) is 6.14. The largest absolute Gasteiger partial charge is 0.452 e. The molecule has 2 amide bonds. The van der Waals surface area contributed by atoms with Gasteiger partial charge in [-0.2, -0.15) is 0 Å². The number of fused-ring (bicyclic) bond motifs is 1. The lowest BCUT2D eigenvalue weighted by Gasteiger charge is -2.13. The summed E-state index contributed by atoms with van der Waals surface area (Å²) in [6.07, 6.45) is 3.74. The minimum absolute atomic E-state index is 0.236. The van der Waals surface area contributed by atoms with Crippen molar-refractivity contribution in [2.75, 3.05) is 17.2 Å². The van der Waals surface area contributed by atoms with Crippen LogP contribution in [-0.2, 0) is 27.2 Å². The molecule has 28 heavy (non-hydrogen) atoms. The molecular weight excluding hydrogens is 376 g/mol. The summed E-state index contributed by atoms with van der Waals surface area (Å²) in [5.41, 5.74) is 4.08. The number of carbonyl (C=O) groups excluding carboxylic acids is 3. The van der Waals surface area contributed by atoms with Crippen LogP contribution in [0.3, 0.4) is 0 Å². The number of aryl methyl sites for hydroxylation is 3. The van der Waals surface area contributed by atoms with E-state index in [1.165, 1.54) is 18.3 Å². The third-order valence-electron chi connectivity index (χ3n) is 4.66. The number of amides is 2. The minimum atomic E-state index is -0.570. The van der Waals surface area contributed by atoms with E-state index in [4.69, 9.17) is 4.74 Å². The number of anilines is 2. The zero-order valence-corrected chi connectivity index (χ0v) is 17.1. The van der Waals surface area contributed by atoms with Gasteiger partial charge in [0.15, 0.2) is 6.61 Å². The van der Waals surface area contributed by atoms with Crippen LogP contribution in [0.15, 0.2) is 18.2 Å². The summed E-state index contributed by atoms with van der Waals surface area (Å²) in [6, 6.07) is 5.71. The highest BCUT2D eigenvalue weighted by molar-refractivity contribution is 7.17. The van der Waals surface area contributed by atoms with E-state index in [1.807, 2.05) is 32.0 Å². The molecule has 1 heterocycles. The van der Waals surface area contributed by atoms with Crippen molar-refractivity contribution in [2.24, 2.45) is 0 Å². The average molecular weight is 401 g/mol. The van der Waals surface area contributed by atoms with Crippen LogP contribution in [-0.4, -0.2) is 24.4 Å². The maximum atomic E-state index is 12.7. The second-order valence-corrected chi connectivity index (χ2v) is 8.14. The number of thiophene rings is 1. The lowest BCUT2D eigenvalue weighted by atomic mass is 9.95. The van der Waals surface area contributed by atoms with E-state index in [2.05, 4.69) is 10.6 Å². The number of hydrogen-bond acceptors (Lipinski definition) is 5. The Bertz CT molecular complexity index is 933. The Morgan fingerprint density at radius 1 is 1.11 bits per heavy atom. The molecule has 0 aliphatic heterocycles. The van der Waals surface area contributed by atoms with Gasteiger partial charge in [-0.05, 0) is 56.7 Å². The summed E-state index contributed by atoms with van der Waals surface area (Å²) in [7, 11) is 0. The molecule has 0 bridgehead atoms. The minimum Gasteiger partial charge on any atom is -0.452 e. The Hall–Kier alpha value is -2.67. The van der Waals surface area contributed by atoms with Crippen LogP contribution < -0.4 is 10.6 Å². The van der Waals surface area contributed by atoms with Gasteiger partial charge < -0.3 is 15.4 Å². The SMILES string of the molecule is CC(=O)Nc1sc2c(c1C(=O)OCC(=O)Nc1ccc(C)cc1C)CCCC2. The first-order valence-electron chi connectivity index (χ1n) is 9.31. The first kappa shape index (κ1) is 20.1. The quantitative estimate of drug-likeness (QED) is 0.743. The van der Waals surface area contributed by atoms with Gasteiger partial charge in [0.1, 0.15) is 5.00 Å². The van der Waals surface area contributed by atoms with E-state index in [1.54, 1.807) is 0 Å². The zero-order chi connectivity index (χ0) is 20.3. The highest BCUT2D eigenvalue weighted by atomic mass is 32.1. The number of nitrogens with one attached hydrogen (secondary N) is 2. The second kappa shape index (κ2) is 8.56. The zero-order valence-electron chi connectivity index (χ0n) is 16.3. The van der Waals surface area contributed by atoms with Crippen molar-refractivity contribution in [3.05, 3.63) is 45.3 Å². The van der Waals surface area contributed by atoms with Gasteiger partial charge in [0, 0.05) is 17.5 Å². The fourth-order valence-electron chi connectivity index (χ4n) is 3.37. The molecule has 0 saturated heterocycles. The lowest BCUT2D eigenvalue weighted by Crippen LogP contribution is -2.22. The van der Waals surface area contributed by atoms with Crippen LogP contribution in [0, 0.1) is 13.8 Å². The molecule has 0 radical (unpaired) electrons. The molecule has 0 atom stereocenters. The van der Waals surface area contributed by atoms with Crippen LogP contribution in [0.4, 0.5) is 10.7 Å². The molecule has 1 aromatic heterocycles. The summed E-state index contributed by atoms with van der Waals surface area (Å²) in [5, 5.41) is 6.01. The Balaban J connectivity index is 1.69. The van der Waals surface area contributed by atoms with Gasteiger partial charge >= 0.3 is 5.97 Å². The van der Waals surface area contributed by atoms with Crippen molar-refractivity contribution in [3.63, 3.8) is 0 Å². The number of ether oxygens (including phenoxy) is 1. The van der Waals surface area contributed by atoms with E-state index in [9.17, 15) is 14.4 Å². The second-order valence-electron chi connectivity index (χ2n) is 7.04.